The van der Waals surface area contributed by atoms with Crippen molar-refractivity contribution >= 4 is 17.4 Å². The van der Waals surface area contributed by atoms with Crippen LogP contribution in [0.15, 0.2) is 0 Å². The first-order valence-corrected chi connectivity index (χ1v) is 5.21. The number of hydrogen-bond acceptors (Lipinski definition) is 3. The highest BCUT2D eigenvalue weighted by molar-refractivity contribution is 6.31. The van der Waals surface area contributed by atoms with E-state index in [0.717, 1.165) is 30.8 Å². The van der Waals surface area contributed by atoms with E-state index in [2.05, 4.69) is 21.2 Å². The number of rotatable bonds is 4. The normalized spacial score (nSPS) is 9.73. The fourth-order valence-electron chi connectivity index (χ4n) is 1.09. The molecule has 0 fully saturated rings. The molecule has 0 spiro atoms. The number of halogens is 1. The number of unbranched alkanes of at least 4 members (excludes halogenated alkanes) is 1. The average molecular weight is 224 g/mol. The van der Waals surface area contributed by atoms with Gasteiger partial charge in [0.15, 0.2) is 11.0 Å². The van der Waals surface area contributed by atoms with Gasteiger partial charge in [-0.05, 0) is 20.3 Å². The van der Waals surface area contributed by atoms with Gasteiger partial charge >= 0.3 is 0 Å². The van der Waals surface area contributed by atoms with E-state index in [1.165, 1.54) is 0 Å². The van der Waals surface area contributed by atoms with Crippen LogP contribution in [0.3, 0.4) is 0 Å². The number of anilines is 1. The SMILES string of the molecule is C#CCCCNc1nc(C)c(C)nc1Cl. The molecule has 1 N–H and O–H groups in total. The molecule has 0 radical (unpaired) electrons. The lowest BCUT2D eigenvalue weighted by molar-refractivity contribution is 0.894. The van der Waals surface area contributed by atoms with E-state index in [1.54, 1.807) is 0 Å². The van der Waals surface area contributed by atoms with Crippen molar-refractivity contribution in [2.75, 3.05) is 11.9 Å². The fourth-order valence-corrected chi connectivity index (χ4v) is 1.32. The van der Waals surface area contributed by atoms with E-state index in [9.17, 15) is 0 Å². The molecule has 0 aliphatic heterocycles. The van der Waals surface area contributed by atoms with Gasteiger partial charge in [0.25, 0.3) is 0 Å². The maximum atomic E-state index is 5.94. The molecule has 1 rings (SSSR count). The summed E-state index contributed by atoms with van der Waals surface area (Å²) in [6.07, 6.45) is 6.81. The van der Waals surface area contributed by atoms with Crippen molar-refractivity contribution in [1.29, 1.82) is 0 Å². The molecule has 1 aromatic rings. The third kappa shape index (κ3) is 3.41. The molecule has 80 valence electrons. The van der Waals surface area contributed by atoms with Gasteiger partial charge in [0, 0.05) is 13.0 Å². The van der Waals surface area contributed by atoms with Crippen LogP contribution in [0.4, 0.5) is 5.82 Å². The number of aromatic nitrogens is 2. The Labute approximate surface area is 95.3 Å². The first kappa shape index (κ1) is 11.8. The molecule has 0 bridgehead atoms. The van der Waals surface area contributed by atoms with Crippen molar-refractivity contribution in [1.82, 2.24) is 9.97 Å². The predicted octanol–water partition coefficient (Wildman–Crippen LogP) is 2.57. The Bertz CT molecular complexity index is 382. The molecule has 4 heteroatoms. The molecular formula is C11H14ClN3. The van der Waals surface area contributed by atoms with Crippen molar-refractivity contribution < 1.29 is 0 Å². The van der Waals surface area contributed by atoms with E-state index < -0.39 is 0 Å². The number of hydrogen-bond donors (Lipinski definition) is 1. The lowest BCUT2D eigenvalue weighted by atomic mass is 10.3. The zero-order chi connectivity index (χ0) is 11.3. The molecule has 3 nitrogen and oxygen atoms in total. The molecule has 15 heavy (non-hydrogen) atoms. The zero-order valence-corrected chi connectivity index (χ0v) is 9.73. The van der Waals surface area contributed by atoms with Gasteiger partial charge in [0.1, 0.15) is 0 Å². The third-order valence-electron chi connectivity index (χ3n) is 2.05. The maximum absolute atomic E-state index is 5.94. The van der Waals surface area contributed by atoms with Crippen LogP contribution in [-0.4, -0.2) is 16.5 Å². The summed E-state index contributed by atoms with van der Waals surface area (Å²) in [7, 11) is 0. The summed E-state index contributed by atoms with van der Waals surface area (Å²) >= 11 is 5.94. The van der Waals surface area contributed by atoms with E-state index in [1.807, 2.05) is 13.8 Å². The lowest BCUT2D eigenvalue weighted by Crippen LogP contribution is -2.06. The van der Waals surface area contributed by atoms with Crippen molar-refractivity contribution in [3.63, 3.8) is 0 Å². The molecule has 0 saturated heterocycles. The van der Waals surface area contributed by atoms with Gasteiger partial charge < -0.3 is 5.32 Å². The minimum absolute atomic E-state index is 0.416. The molecule has 0 saturated carbocycles. The lowest BCUT2D eigenvalue weighted by Gasteiger charge is -2.08. The van der Waals surface area contributed by atoms with Gasteiger partial charge in [-0.15, -0.1) is 12.3 Å². The van der Waals surface area contributed by atoms with Crippen LogP contribution in [0.1, 0.15) is 24.2 Å². The topological polar surface area (TPSA) is 37.8 Å². The smallest absolute Gasteiger partial charge is 0.171 e. The second-order valence-corrected chi connectivity index (χ2v) is 3.63. The van der Waals surface area contributed by atoms with E-state index in [0.29, 0.717) is 11.0 Å². The number of terminal acetylenes is 1. The Morgan fingerprint density at radius 2 is 2.00 bits per heavy atom. The Balaban J connectivity index is 2.62. The minimum Gasteiger partial charge on any atom is -0.367 e. The highest BCUT2D eigenvalue weighted by Crippen LogP contribution is 2.18. The molecule has 1 heterocycles. The van der Waals surface area contributed by atoms with E-state index in [4.69, 9.17) is 18.0 Å². The van der Waals surface area contributed by atoms with Crippen LogP contribution in [0.5, 0.6) is 0 Å². The summed E-state index contributed by atoms with van der Waals surface area (Å²) in [4.78, 5) is 8.48. The Hall–Kier alpha value is -1.27. The quantitative estimate of drug-likeness (QED) is 0.630. The van der Waals surface area contributed by atoms with Crippen LogP contribution < -0.4 is 5.32 Å². The molecular weight excluding hydrogens is 210 g/mol. The third-order valence-corrected chi connectivity index (χ3v) is 2.32. The molecule has 0 unspecified atom stereocenters. The molecule has 0 amide bonds. The van der Waals surface area contributed by atoms with Gasteiger partial charge in [-0.3, -0.25) is 0 Å². The van der Waals surface area contributed by atoms with Gasteiger partial charge in [0.2, 0.25) is 0 Å². The molecule has 0 aromatic carbocycles. The monoisotopic (exact) mass is 223 g/mol. The van der Waals surface area contributed by atoms with Crippen LogP contribution >= 0.6 is 11.6 Å². The predicted molar refractivity (Wildman–Crippen MR) is 63.1 cm³/mol. The summed E-state index contributed by atoms with van der Waals surface area (Å²) in [5.41, 5.74) is 1.74. The van der Waals surface area contributed by atoms with Crippen molar-refractivity contribution in [2.45, 2.75) is 26.7 Å². The number of aryl methyl sites for hydroxylation is 2. The Morgan fingerprint density at radius 3 is 2.67 bits per heavy atom. The van der Waals surface area contributed by atoms with Crippen LogP contribution in [0, 0.1) is 26.2 Å². The maximum Gasteiger partial charge on any atom is 0.171 e. The first-order chi connectivity index (χ1) is 7.15. The van der Waals surface area contributed by atoms with Crippen LogP contribution in [-0.2, 0) is 0 Å². The van der Waals surface area contributed by atoms with Gasteiger partial charge in [-0.1, -0.05) is 11.6 Å². The van der Waals surface area contributed by atoms with E-state index >= 15 is 0 Å². The number of nitrogens with zero attached hydrogens (tertiary/aromatic N) is 2. The summed E-state index contributed by atoms with van der Waals surface area (Å²) in [6, 6.07) is 0. The van der Waals surface area contributed by atoms with Gasteiger partial charge in [-0.25, -0.2) is 9.97 Å². The summed E-state index contributed by atoms with van der Waals surface area (Å²) < 4.78 is 0. The minimum atomic E-state index is 0.416. The van der Waals surface area contributed by atoms with Crippen molar-refractivity contribution in [3.8, 4) is 12.3 Å². The Morgan fingerprint density at radius 1 is 1.33 bits per heavy atom. The highest BCUT2D eigenvalue weighted by Gasteiger charge is 2.05. The molecule has 0 aliphatic carbocycles. The Kier molecular flexibility index (Phi) is 4.38. The van der Waals surface area contributed by atoms with Gasteiger partial charge in [-0.2, -0.15) is 0 Å². The van der Waals surface area contributed by atoms with Crippen LogP contribution in [0.25, 0.3) is 0 Å². The standard InChI is InChI=1S/C11H14ClN3/c1-4-5-6-7-13-11-10(12)14-8(2)9(3)15-11/h1H,5-7H2,2-3H3,(H,13,15). The molecule has 0 aliphatic rings. The molecule has 1 aromatic heterocycles. The molecule has 0 atom stereocenters. The fraction of sp³-hybridized carbons (Fsp3) is 0.455. The summed E-state index contributed by atoms with van der Waals surface area (Å²) in [5, 5.41) is 3.53. The van der Waals surface area contributed by atoms with Crippen molar-refractivity contribution in [3.05, 3.63) is 16.5 Å². The summed E-state index contributed by atoms with van der Waals surface area (Å²) in [6.45, 7) is 4.56. The van der Waals surface area contributed by atoms with E-state index in [-0.39, 0.29) is 0 Å². The second-order valence-electron chi connectivity index (χ2n) is 3.27. The van der Waals surface area contributed by atoms with Crippen LogP contribution in [0.2, 0.25) is 5.15 Å². The highest BCUT2D eigenvalue weighted by atomic mass is 35.5. The summed E-state index contributed by atoms with van der Waals surface area (Å²) in [5.74, 6) is 3.22. The van der Waals surface area contributed by atoms with Crippen molar-refractivity contribution in [2.24, 2.45) is 0 Å². The number of nitrogens with one attached hydrogen (secondary N) is 1. The first-order valence-electron chi connectivity index (χ1n) is 4.83. The zero-order valence-electron chi connectivity index (χ0n) is 8.97. The van der Waals surface area contributed by atoms with Gasteiger partial charge in [0.05, 0.1) is 11.4 Å². The largest absolute Gasteiger partial charge is 0.367 e. The second kappa shape index (κ2) is 5.57. The average Bonchev–Trinajstić information content (AvgIpc) is 2.20.